The van der Waals surface area contributed by atoms with E-state index in [2.05, 4.69) is 69.2 Å². The van der Waals surface area contributed by atoms with Crippen LogP contribution in [0.1, 0.15) is 90.5 Å². The molecule has 0 heteroatoms. The molecule has 0 aliphatic carbocycles. The lowest BCUT2D eigenvalue weighted by Gasteiger charge is -2.05. The van der Waals surface area contributed by atoms with E-state index in [0.29, 0.717) is 0 Å². The summed E-state index contributed by atoms with van der Waals surface area (Å²) >= 11 is 0. The van der Waals surface area contributed by atoms with Crippen molar-refractivity contribution in [3.8, 4) is 0 Å². The molecule has 17 heavy (non-hydrogen) atoms. The molecule has 0 heterocycles. The van der Waals surface area contributed by atoms with Crippen LogP contribution < -0.4 is 0 Å². The maximum atomic E-state index is 2.24. The molecule has 0 aromatic carbocycles. The Morgan fingerprint density at radius 3 is 0.529 bits per heavy atom. The van der Waals surface area contributed by atoms with Gasteiger partial charge in [-0.2, -0.15) is 0 Å². The topological polar surface area (TPSA) is 0 Å². The van der Waals surface area contributed by atoms with Crippen molar-refractivity contribution in [2.24, 2.45) is 23.7 Å². The SMILES string of the molecule is C.C.CC(C)C(C)C.CC(C)C(C)C.CCC. The molecule has 0 spiro atoms. The van der Waals surface area contributed by atoms with Gasteiger partial charge in [-0.25, -0.2) is 0 Å². The minimum Gasteiger partial charge on any atom is -0.0776 e. The van der Waals surface area contributed by atoms with Crippen LogP contribution in [0.3, 0.4) is 0 Å². The van der Waals surface area contributed by atoms with E-state index in [4.69, 9.17) is 0 Å². The minimum absolute atomic E-state index is 0. The molecule has 0 bridgehead atoms. The highest BCUT2D eigenvalue weighted by molar-refractivity contribution is 4.46. The molecule has 0 saturated carbocycles. The van der Waals surface area contributed by atoms with Crippen LogP contribution in [-0.4, -0.2) is 0 Å². The standard InChI is InChI=1S/2C6H14.C3H8.2CH4/c2*1-5(2)6(3)4;1-3-2;;/h2*5-6H,1-4H3;3H2,1-2H3;2*1H4. The van der Waals surface area contributed by atoms with Gasteiger partial charge in [0.1, 0.15) is 0 Å². The van der Waals surface area contributed by atoms with Crippen molar-refractivity contribution >= 4 is 0 Å². The molecule has 0 radical (unpaired) electrons. The van der Waals surface area contributed by atoms with Crippen molar-refractivity contribution in [2.75, 3.05) is 0 Å². The van der Waals surface area contributed by atoms with Gasteiger partial charge in [0.15, 0.2) is 0 Å². The minimum atomic E-state index is 0. The first-order valence-corrected chi connectivity index (χ1v) is 6.70. The van der Waals surface area contributed by atoms with E-state index in [1.54, 1.807) is 0 Å². The summed E-state index contributed by atoms with van der Waals surface area (Å²) in [5.74, 6) is 3.41. The zero-order chi connectivity index (χ0) is 13.0. The van der Waals surface area contributed by atoms with Crippen LogP contribution >= 0.6 is 0 Å². The number of hydrogen-bond donors (Lipinski definition) is 0. The Hall–Kier alpha value is 0. The van der Waals surface area contributed by atoms with E-state index >= 15 is 0 Å². The summed E-state index contributed by atoms with van der Waals surface area (Å²) in [5, 5.41) is 0. The van der Waals surface area contributed by atoms with Crippen LogP contribution in [0.5, 0.6) is 0 Å². The number of rotatable bonds is 2. The molecule has 0 nitrogen and oxygen atoms in total. The third-order valence-electron chi connectivity index (χ3n) is 2.67. The van der Waals surface area contributed by atoms with Gasteiger partial charge in [-0.1, -0.05) is 90.5 Å². The van der Waals surface area contributed by atoms with Gasteiger partial charge in [-0.15, -0.1) is 0 Å². The molecule has 0 aliphatic heterocycles. The van der Waals surface area contributed by atoms with Crippen LogP contribution in [-0.2, 0) is 0 Å². The molecule has 0 saturated heterocycles. The van der Waals surface area contributed by atoms with Crippen molar-refractivity contribution in [3.05, 3.63) is 0 Å². The lowest BCUT2D eigenvalue weighted by Crippen LogP contribution is -1.95. The highest BCUT2D eigenvalue weighted by atomic mass is 14.0. The van der Waals surface area contributed by atoms with Gasteiger partial charge >= 0.3 is 0 Å². The first kappa shape index (κ1) is 30.2. The molecule has 0 aromatic rings. The largest absolute Gasteiger partial charge is 0.0776 e. The predicted molar refractivity (Wildman–Crippen MR) is 88.8 cm³/mol. The summed E-state index contributed by atoms with van der Waals surface area (Å²) < 4.78 is 0. The fraction of sp³-hybridized carbons (Fsp3) is 1.00. The predicted octanol–water partition coefficient (Wildman–Crippen LogP) is 7.29. The lowest BCUT2D eigenvalue weighted by atomic mass is 10.0. The van der Waals surface area contributed by atoms with E-state index in [9.17, 15) is 0 Å². The van der Waals surface area contributed by atoms with Gasteiger partial charge in [0.2, 0.25) is 0 Å². The Morgan fingerprint density at radius 1 is 0.471 bits per heavy atom. The zero-order valence-electron chi connectivity index (χ0n) is 13.0. The number of hydrogen-bond acceptors (Lipinski definition) is 0. The Balaban J connectivity index is -0.0000000421. The summed E-state index contributed by atoms with van der Waals surface area (Å²) in [4.78, 5) is 0. The first-order valence-electron chi connectivity index (χ1n) is 6.70. The fourth-order valence-corrected chi connectivity index (χ4v) is 0. The van der Waals surface area contributed by atoms with Crippen molar-refractivity contribution in [1.82, 2.24) is 0 Å². The van der Waals surface area contributed by atoms with Crippen LogP contribution in [0.2, 0.25) is 0 Å². The van der Waals surface area contributed by atoms with E-state index in [1.165, 1.54) is 6.42 Å². The van der Waals surface area contributed by atoms with Gasteiger partial charge in [0.25, 0.3) is 0 Å². The molecular weight excluding hydrogens is 204 g/mol. The van der Waals surface area contributed by atoms with Crippen molar-refractivity contribution in [1.29, 1.82) is 0 Å². The van der Waals surface area contributed by atoms with E-state index in [1.807, 2.05) is 0 Å². The van der Waals surface area contributed by atoms with E-state index < -0.39 is 0 Å². The smallest absolute Gasteiger partial charge is 0.0448 e. The zero-order valence-corrected chi connectivity index (χ0v) is 13.0. The van der Waals surface area contributed by atoms with Gasteiger partial charge in [-0.3, -0.25) is 0 Å². The summed E-state index contributed by atoms with van der Waals surface area (Å²) in [6.07, 6.45) is 1.25. The van der Waals surface area contributed by atoms with E-state index in [0.717, 1.165) is 23.7 Å². The van der Waals surface area contributed by atoms with Gasteiger partial charge in [0.05, 0.1) is 0 Å². The normalized spacial score (nSPS) is 8.82. The third-order valence-corrected chi connectivity index (χ3v) is 2.67. The fourth-order valence-electron chi connectivity index (χ4n) is 0. The molecule has 0 aliphatic rings. The van der Waals surface area contributed by atoms with Crippen LogP contribution in [0.15, 0.2) is 0 Å². The first-order chi connectivity index (χ1) is 6.70. The van der Waals surface area contributed by atoms with Crippen molar-refractivity contribution < 1.29 is 0 Å². The van der Waals surface area contributed by atoms with Crippen molar-refractivity contribution in [3.63, 3.8) is 0 Å². The molecule has 0 atom stereocenters. The molecule has 112 valence electrons. The third kappa shape index (κ3) is 49.0. The van der Waals surface area contributed by atoms with Gasteiger partial charge in [-0.05, 0) is 23.7 Å². The summed E-state index contributed by atoms with van der Waals surface area (Å²) in [6.45, 7) is 22.2. The van der Waals surface area contributed by atoms with Crippen molar-refractivity contribution in [2.45, 2.75) is 90.5 Å². The highest BCUT2D eigenvalue weighted by Crippen LogP contribution is 2.06. The highest BCUT2D eigenvalue weighted by Gasteiger charge is 1.96. The second-order valence-electron chi connectivity index (χ2n) is 5.68. The molecule has 0 unspecified atom stereocenters. The second kappa shape index (κ2) is 21.3. The lowest BCUT2D eigenvalue weighted by molar-refractivity contribution is 0.457. The molecule has 0 rings (SSSR count). The Bertz CT molecular complexity index is 64.2. The summed E-state index contributed by atoms with van der Waals surface area (Å²) in [7, 11) is 0. The quantitative estimate of drug-likeness (QED) is 0.481. The summed E-state index contributed by atoms with van der Waals surface area (Å²) in [6, 6.07) is 0. The monoisotopic (exact) mass is 248 g/mol. The van der Waals surface area contributed by atoms with E-state index in [-0.39, 0.29) is 14.9 Å². The second-order valence-corrected chi connectivity index (χ2v) is 5.68. The average molecular weight is 249 g/mol. The molecular formula is C17H44. The maximum Gasteiger partial charge on any atom is -0.0448 e. The summed E-state index contributed by atoms with van der Waals surface area (Å²) in [5.41, 5.74) is 0. The van der Waals surface area contributed by atoms with Crippen LogP contribution in [0.4, 0.5) is 0 Å². The van der Waals surface area contributed by atoms with Gasteiger partial charge < -0.3 is 0 Å². The average Bonchev–Trinajstić information content (AvgIpc) is 2.06. The van der Waals surface area contributed by atoms with Crippen LogP contribution in [0, 0.1) is 23.7 Å². The van der Waals surface area contributed by atoms with Gasteiger partial charge in [0, 0.05) is 0 Å². The molecule has 0 aromatic heterocycles. The van der Waals surface area contributed by atoms with Crippen LogP contribution in [0.25, 0.3) is 0 Å². The Labute approximate surface area is 115 Å². The molecule has 0 N–H and O–H groups in total. The maximum absolute atomic E-state index is 2.24. The molecule has 0 fully saturated rings. The Morgan fingerprint density at radius 2 is 0.529 bits per heavy atom. The molecule has 0 amide bonds. The Kier molecular flexibility index (Phi) is 37.9.